The fraction of sp³-hybridized carbons (Fsp3) is 0.583. The molecule has 7 heteroatoms. The van der Waals surface area contributed by atoms with E-state index in [1.807, 2.05) is 11.8 Å². The predicted octanol–water partition coefficient (Wildman–Crippen LogP) is 1.64. The van der Waals surface area contributed by atoms with Crippen LogP contribution >= 0.6 is 11.8 Å². The van der Waals surface area contributed by atoms with E-state index in [2.05, 4.69) is 10.3 Å². The highest BCUT2D eigenvalue weighted by atomic mass is 32.2. The number of nitrogens with zero attached hydrogens (tertiary/aromatic N) is 2. The van der Waals surface area contributed by atoms with Crippen LogP contribution in [0.15, 0.2) is 23.2 Å². The van der Waals surface area contributed by atoms with E-state index in [1.165, 1.54) is 36.8 Å². The number of thioether (sulfide) groups is 1. The lowest BCUT2D eigenvalue weighted by molar-refractivity contribution is 0.520. The van der Waals surface area contributed by atoms with E-state index in [0.717, 1.165) is 18.0 Å². The smallest absolute Gasteiger partial charge is 0.244 e. The van der Waals surface area contributed by atoms with Crippen LogP contribution in [0.3, 0.4) is 0 Å². The van der Waals surface area contributed by atoms with Gasteiger partial charge in [0, 0.05) is 32.1 Å². The van der Waals surface area contributed by atoms with E-state index >= 15 is 0 Å². The van der Waals surface area contributed by atoms with Crippen molar-refractivity contribution < 1.29 is 8.42 Å². The standard InChI is InChI=1S/C12H19N3O2S2/c1-15(2)19(16,17)11-5-6-12(13-8-11)14-10-4-3-7-18-9-10/h5-6,8,10H,3-4,7,9H2,1-2H3,(H,13,14). The maximum absolute atomic E-state index is 11.9. The second-order valence-electron chi connectivity index (χ2n) is 4.72. The van der Waals surface area contributed by atoms with Crippen LogP contribution in [0.4, 0.5) is 5.82 Å². The van der Waals surface area contributed by atoms with Gasteiger partial charge in [0.05, 0.1) is 0 Å². The molecule has 1 unspecified atom stereocenters. The number of sulfonamides is 1. The number of rotatable bonds is 4. The summed E-state index contributed by atoms with van der Waals surface area (Å²) in [4.78, 5) is 4.42. The number of hydrogen-bond acceptors (Lipinski definition) is 5. The number of pyridine rings is 1. The first-order valence-electron chi connectivity index (χ1n) is 6.23. The third kappa shape index (κ3) is 3.61. The van der Waals surface area contributed by atoms with Crippen molar-refractivity contribution >= 4 is 27.6 Å². The van der Waals surface area contributed by atoms with Crippen molar-refractivity contribution in [1.29, 1.82) is 0 Å². The molecule has 0 amide bonds. The molecule has 1 N–H and O–H groups in total. The maximum Gasteiger partial charge on any atom is 0.244 e. The molecule has 1 atom stereocenters. The van der Waals surface area contributed by atoms with E-state index in [1.54, 1.807) is 12.1 Å². The molecular formula is C12H19N3O2S2. The van der Waals surface area contributed by atoms with Crippen molar-refractivity contribution in [1.82, 2.24) is 9.29 Å². The Balaban J connectivity index is 2.06. The average Bonchev–Trinajstić information content (AvgIpc) is 2.40. The quantitative estimate of drug-likeness (QED) is 0.916. The summed E-state index contributed by atoms with van der Waals surface area (Å²) in [5, 5.41) is 3.35. The third-order valence-electron chi connectivity index (χ3n) is 3.03. The maximum atomic E-state index is 11.9. The summed E-state index contributed by atoms with van der Waals surface area (Å²) in [6.07, 6.45) is 3.77. The number of nitrogens with one attached hydrogen (secondary N) is 1. The molecule has 1 aliphatic heterocycles. The minimum absolute atomic E-state index is 0.223. The molecule has 19 heavy (non-hydrogen) atoms. The number of anilines is 1. The van der Waals surface area contributed by atoms with Gasteiger partial charge in [-0.2, -0.15) is 11.8 Å². The molecule has 0 bridgehead atoms. The summed E-state index contributed by atoms with van der Waals surface area (Å²) in [6.45, 7) is 0. The number of aromatic nitrogens is 1. The molecule has 1 aromatic heterocycles. The highest BCUT2D eigenvalue weighted by Gasteiger charge is 2.18. The summed E-state index contributed by atoms with van der Waals surface area (Å²) < 4.78 is 25.0. The molecule has 0 aromatic carbocycles. The van der Waals surface area contributed by atoms with Crippen LogP contribution in [0.25, 0.3) is 0 Å². The van der Waals surface area contributed by atoms with Crippen LogP contribution in [0, 0.1) is 0 Å². The van der Waals surface area contributed by atoms with E-state index in [-0.39, 0.29) is 4.90 Å². The molecule has 1 saturated heterocycles. The van der Waals surface area contributed by atoms with Gasteiger partial charge in [-0.1, -0.05) is 0 Å². The van der Waals surface area contributed by atoms with Gasteiger partial charge in [0.2, 0.25) is 10.0 Å². The SMILES string of the molecule is CN(C)S(=O)(=O)c1ccc(NC2CCCSC2)nc1. The molecule has 2 heterocycles. The molecule has 0 spiro atoms. The van der Waals surface area contributed by atoms with Crippen molar-refractivity contribution in [2.45, 2.75) is 23.8 Å². The lowest BCUT2D eigenvalue weighted by Crippen LogP contribution is -2.26. The first kappa shape index (κ1) is 14.6. The zero-order valence-electron chi connectivity index (χ0n) is 11.2. The molecule has 0 aliphatic carbocycles. The Labute approximate surface area is 118 Å². The second kappa shape index (κ2) is 6.11. The van der Waals surface area contributed by atoms with Crippen molar-refractivity contribution in [3.05, 3.63) is 18.3 Å². The molecule has 0 saturated carbocycles. The monoisotopic (exact) mass is 301 g/mol. The Bertz CT molecular complexity index is 508. The summed E-state index contributed by atoms with van der Waals surface area (Å²) in [6, 6.07) is 3.76. The highest BCUT2D eigenvalue weighted by Crippen LogP contribution is 2.21. The predicted molar refractivity (Wildman–Crippen MR) is 79.1 cm³/mol. The first-order chi connectivity index (χ1) is 9.00. The minimum atomic E-state index is -3.39. The summed E-state index contributed by atoms with van der Waals surface area (Å²) in [5.74, 6) is 3.05. The lowest BCUT2D eigenvalue weighted by Gasteiger charge is -2.23. The number of hydrogen-bond donors (Lipinski definition) is 1. The van der Waals surface area contributed by atoms with Crippen molar-refractivity contribution in [2.24, 2.45) is 0 Å². The molecule has 5 nitrogen and oxygen atoms in total. The fourth-order valence-electron chi connectivity index (χ4n) is 1.89. The zero-order chi connectivity index (χ0) is 13.9. The normalized spacial score (nSPS) is 20.5. The van der Waals surface area contributed by atoms with Gasteiger partial charge in [-0.15, -0.1) is 0 Å². The summed E-state index contributed by atoms with van der Waals surface area (Å²) in [7, 11) is -0.359. The molecular weight excluding hydrogens is 282 g/mol. The van der Waals surface area contributed by atoms with Crippen molar-refractivity contribution in [3.8, 4) is 0 Å². The van der Waals surface area contributed by atoms with Gasteiger partial charge >= 0.3 is 0 Å². The van der Waals surface area contributed by atoms with Crippen molar-refractivity contribution in [2.75, 3.05) is 30.9 Å². The largest absolute Gasteiger partial charge is 0.367 e. The Hall–Kier alpha value is -0.790. The van der Waals surface area contributed by atoms with Gasteiger partial charge in [0.25, 0.3) is 0 Å². The molecule has 1 fully saturated rings. The summed E-state index contributed by atoms with van der Waals surface area (Å²) >= 11 is 1.94. The van der Waals surface area contributed by atoms with Crippen molar-refractivity contribution in [3.63, 3.8) is 0 Å². The van der Waals surface area contributed by atoms with E-state index in [4.69, 9.17) is 0 Å². The Morgan fingerprint density at radius 2 is 2.21 bits per heavy atom. The van der Waals surface area contributed by atoms with E-state index < -0.39 is 10.0 Å². The van der Waals surface area contributed by atoms with E-state index in [0.29, 0.717) is 6.04 Å². The van der Waals surface area contributed by atoms with Gasteiger partial charge < -0.3 is 5.32 Å². The molecule has 1 aromatic rings. The van der Waals surface area contributed by atoms with Gasteiger partial charge in [0.1, 0.15) is 10.7 Å². The minimum Gasteiger partial charge on any atom is -0.367 e. The van der Waals surface area contributed by atoms with Gasteiger partial charge in [0.15, 0.2) is 0 Å². The first-order valence-corrected chi connectivity index (χ1v) is 8.82. The fourth-order valence-corrected chi connectivity index (χ4v) is 3.81. The zero-order valence-corrected chi connectivity index (χ0v) is 12.8. The van der Waals surface area contributed by atoms with Crippen LogP contribution in [0.1, 0.15) is 12.8 Å². The topological polar surface area (TPSA) is 62.3 Å². The van der Waals surface area contributed by atoms with Gasteiger partial charge in [-0.3, -0.25) is 0 Å². The van der Waals surface area contributed by atoms with Crippen LogP contribution < -0.4 is 5.32 Å². The van der Waals surface area contributed by atoms with Crippen LogP contribution in [-0.4, -0.2) is 49.3 Å². The Kier molecular flexibility index (Phi) is 4.70. The summed E-state index contributed by atoms with van der Waals surface area (Å²) in [5.41, 5.74) is 0. The van der Waals surface area contributed by atoms with Gasteiger partial charge in [-0.05, 0) is 30.7 Å². The van der Waals surface area contributed by atoms with Crippen LogP contribution in [-0.2, 0) is 10.0 Å². The van der Waals surface area contributed by atoms with Gasteiger partial charge in [-0.25, -0.2) is 17.7 Å². The highest BCUT2D eigenvalue weighted by molar-refractivity contribution is 7.99. The lowest BCUT2D eigenvalue weighted by atomic mass is 10.2. The average molecular weight is 301 g/mol. The Morgan fingerprint density at radius 1 is 1.42 bits per heavy atom. The molecule has 2 rings (SSSR count). The van der Waals surface area contributed by atoms with Crippen LogP contribution in [0.2, 0.25) is 0 Å². The molecule has 106 valence electrons. The molecule has 1 aliphatic rings. The Morgan fingerprint density at radius 3 is 2.74 bits per heavy atom. The third-order valence-corrected chi connectivity index (χ3v) is 6.04. The van der Waals surface area contributed by atoms with Crippen LogP contribution in [0.5, 0.6) is 0 Å². The van der Waals surface area contributed by atoms with E-state index in [9.17, 15) is 8.42 Å². The second-order valence-corrected chi connectivity index (χ2v) is 8.03. The molecule has 0 radical (unpaired) electrons.